The van der Waals surface area contributed by atoms with E-state index in [0.29, 0.717) is 6.54 Å². The van der Waals surface area contributed by atoms with Gasteiger partial charge in [-0.3, -0.25) is 9.59 Å². The molecule has 0 aliphatic carbocycles. The zero-order valence-electron chi connectivity index (χ0n) is 11.6. The van der Waals surface area contributed by atoms with Crippen LogP contribution in [0.3, 0.4) is 0 Å². The molecule has 1 aromatic rings. The molecule has 6 heteroatoms. The second kappa shape index (κ2) is 8.14. The molecule has 1 amide bonds. The maximum absolute atomic E-state index is 11.6. The van der Waals surface area contributed by atoms with Gasteiger partial charge in [0.2, 0.25) is 0 Å². The number of esters is 1. The number of halogens is 1. The molecule has 114 valence electrons. The Morgan fingerprint density at radius 2 is 2.10 bits per heavy atom. The number of nitrogens with one attached hydrogen (secondary N) is 1. The number of hydrogen-bond acceptors (Lipinski definition) is 4. The average molecular weight is 356 g/mol. The fraction of sp³-hybridized carbons (Fsp3) is 0.467. The third kappa shape index (κ3) is 5.85. The summed E-state index contributed by atoms with van der Waals surface area (Å²) in [6.07, 6.45) is 2.24. The number of ether oxygens (including phenoxy) is 2. The van der Waals surface area contributed by atoms with Crippen molar-refractivity contribution >= 4 is 27.8 Å². The van der Waals surface area contributed by atoms with Crippen molar-refractivity contribution in [2.45, 2.75) is 25.4 Å². The Kier molecular flexibility index (Phi) is 6.20. The van der Waals surface area contributed by atoms with Crippen LogP contribution in [0, 0.1) is 0 Å². The van der Waals surface area contributed by atoms with Crippen LogP contribution in [-0.2, 0) is 25.5 Å². The van der Waals surface area contributed by atoms with Crippen LogP contribution in [0.15, 0.2) is 28.7 Å². The Morgan fingerprint density at radius 3 is 2.76 bits per heavy atom. The fourth-order valence-corrected chi connectivity index (χ4v) is 2.31. The molecule has 0 spiro atoms. The summed E-state index contributed by atoms with van der Waals surface area (Å²) in [5.74, 6) is -0.709. The van der Waals surface area contributed by atoms with Crippen LogP contribution in [0.4, 0.5) is 0 Å². The largest absolute Gasteiger partial charge is 0.455 e. The monoisotopic (exact) mass is 355 g/mol. The van der Waals surface area contributed by atoms with Gasteiger partial charge in [0, 0.05) is 17.6 Å². The van der Waals surface area contributed by atoms with Crippen LogP contribution < -0.4 is 5.32 Å². The van der Waals surface area contributed by atoms with Gasteiger partial charge < -0.3 is 14.8 Å². The first-order valence-corrected chi connectivity index (χ1v) is 7.71. The van der Waals surface area contributed by atoms with Gasteiger partial charge in [0.25, 0.3) is 5.91 Å². The Bertz CT molecular complexity index is 483. The molecule has 1 N–H and O–H groups in total. The van der Waals surface area contributed by atoms with Crippen LogP contribution >= 0.6 is 15.9 Å². The minimum atomic E-state index is -0.412. The van der Waals surface area contributed by atoms with Crippen LogP contribution in [0.5, 0.6) is 0 Å². The molecular formula is C15H18BrNO4. The van der Waals surface area contributed by atoms with E-state index < -0.39 is 5.97 Å². The predicted octanol–water partition coefficient (Wildman–Crippen LogP) is 1.83. The maximum atomic E-state index is 11.6. The molecule has 0 bridgehead atoms. The molecule has 5 nitrogen and oxygen atoms in total. The van der Waals surface area contributed by atoms with Crippen molar-refractivity contribution in [1.29, 1.82) is 0 Å². The number of rotatable bonds is 6. The van der Waals surface area contributed by atoms with E-state index in [1.807, 2.05) is 24.3 Å². The van der Waals surface area contributed by atoms with Gasteiger partial charge in [-0.25, -0.2) is 0 Å². The number of amides is 1. The summed E-state index contributed by atoms with van der Waals surface area (Å²) >= 11 is 3.33. The van der Waals surface area contributed by atoms with Crippen LogP contribution in [0.2, 0.25) is 0 Å². The van der Waals surface area contributed by atoms with E-state index >= 15 is 0 Å². The molecule has 1 atom stereocenters. The molecule has 2 rings (SSSR count). The lowest BCUT2D eigenvalue weighted by Crippen LogP contribution is -2.35. The van der Waals surface area contributed by atoms with Gasteiger partial charge >= 0.3 is 5.97 Å². The first-order chi connectivity index (χ1) is 10.1. The summed E-state index contributed by atoms with van der Waals surface area (Å²) in [6, 6.07) is 7.39. The van der Waals surface area contributed by atoms with E-state index in [2.05, 4.69) is 21.2 Å². The minimum absolute atomic E-state index is 0.0902. The van der Waals surface area contributed by atoms with Gasteiger partial charge in [-0.1, -0.05) is 28.1 Å². The lowest BCUT2D eigenvalue weighted by Gasteiger charge is -2.11. The fourth-order valence-electron chi connectivity index (χ4n) is 2.05. The van der Waals surface area contributed by atoms with Gasteiger partial charge in [-0.15, -0.1) is 0 Å². The first-order valence-electron chi connectivity index (χ1n) is 6.92. The highest BCUT2D eigenvalue weighted by Crippen LogP contribution is 2.11. The Hall–Kier alpha value is -1.40. The lowest BCUT2D eigenvalue weighted by atomic mass is 10.2. The lowest BCUT2D eigenvalue weighted by molar-refractivity contribution is -0.148. The van der Waals surface area contributed by atoms with Crippen molar-refractivity contribution in [1.82, 2.24) is 5.32 Å². The molecule has 0 saturated carbocycles. The van der Waals surface area contributed by atoms with E-state index in [1.165, 1.54) is 0 Å². The second-order valence-corrected chi connectivity index (χ2v) is 5.82. The van der Waals surface area contributed by atoms with Gasteiger partial charge in [0.15, 0.2) is 6.61 Å². The standard InChI is InChI=1S/C15H18BrNO4/c16-12-5-3-11(4-6-12)8-15(19)21-10-14(18)17-9-13-2-1-7-20-13/h3-6,13H,1-2,7-10H2,(H,17,18)/t13-/m1/s1. The van der Waals surface area contributed by atoms with E-state index in [1.54, 1.807) is 0 Å². The summed E-state index contributed by atoms with van der Waals surface area (Å²) in [7, 11) is 0. The van der Waals surface area contributed by atoms with Crippen LogP contribution in [-0.4, -0.2) is 37.7 Å². The van der Waals surface area contributed by atoms with E-state index in [9.17, 15) is 9.59 Å². The van der Waals surface area contributed by atoms with Crippen molar-refractivity contribution in [2.75, 3.05) is 19.8 Å². The van der Waals surface area contributed by atoms with Gasteiger partial charge in [0.05, 0.1) is 12.5 Å². The molecule has 1 aromatic carbocycles. The highest BCUT2D eigenvalue weighted by atomic mass is 79.9. The zero-order chi connectivity index (χ0) is 15.1. The highest BCUT2D eigenvalue weighted by molar-refractivity contribution is 9.10. The topological polar surface area (TPSA) is 64.6 Å². The van der Waals surface area contributed by atoms with Crippen molar-refractivity contribution in [2.24, 2.45) is 0 Å². The molecule has 1 aliphatic heterocycles. The third-order valence-corrected chi connectivity index (χ3v) is 3.71. The van der Waals surface area contributed by atoms with E-state index in [0.717, 1.165) is 29.5 Å². The maximum Gasteiger partial charge on any atom is 0.310 e. The Labute approximate surface area is 132 Å². The van der Waals surface area contributed by atoms with Crippen molar-refractivity contribution in [3.05, 3.63) is 34.3 Å². The van der Waals surface area contributed by atoms with Gasteiger partial charge in [-0.2, -0.15) is 0 Å². The highest BCUT2D eigenvalue weighted by Gasteiger charge is 2.16. The summed E-state index contributed by atoms with van der Waals surface area (Å²) in [6.45, 7) is 0.980. The normalized spacial score (nSPS) is 17.5. The summed E-state index contributed by atoms with van der Waals surface area (Å²) < 4.78 is 11.3. The molecule has 0 unspecified atom stereocenters. The van der Waals surface area contributed by atoms with Crippen LogP contribution in [0.25, 0.3) is 0 Å². The van der Waals surface area contributed by atoms with Crippen molar-refractivity contribution in [3.8, 4) is 0 Å². The van der Waals surface area contributed by atoms with Gasteiger partial charge in [0.1, 0.15) is 0 Å². The predicted molar refractivity (Wildman–Crippen MR) is 80.8 cm³/mol. The summed E-state index contributed by atoms with van der Waals surface area (Å²) in [5, 5.41) is 2.70. The summed E-state index contributed by atoms with van der Waals surface area (Å²) in [4.78, 5) is 23.2. The van der Waals surface area contributed by atoms with Gasteiger partial charge in [-0.05, 0) is 30.5 Å². The molecule has 21 heavy (non-hydrogen) atoms. The number of carbonyl (C=O) groups excluding carboxylic acids is 2. The molecule has 1 saturated heterocycles. The quantitative estimate of drug-likeness (QED) is 0.790. The molecule has 1 fully saturated rings. The van der Waals surface area contributed by atoms with Crippen molar-refractivity contribution in [3.63, 3.8) is 0 Å². The van der Waals surface area contributed by atoms with Crippen LogP contribution in [0.1, 0.15) is 18.4 Å². The Morgan fingerprint density at radius 1 is 1.33 bits per heavy atom. The molecule has 0 aromatic heterocycles. The molecule has 1 heterocycles. The smallest absolute Gasteiger partial charge is 0.310 e. The average Bonchev–Trinajstić information content (AvgIpc) is 2.99. The number of carbonyl (C=O) groups is 2. The third-order valence-electron chi connectivity index (χ3n) is 3.18. The second-order valence-electron chi connectivity index (χ2n) is 4.90. The molecular weight excluding hydrogens is 338 g/mol. The zero-order valence-corrected chi connectivity index (χ0v) is 13.2. The van der Waals surface area contributed by atoms with Crippen molar-refractivity contribution < 1.29 is 19.1 Å². The SMILES string of the molecule is O=C(COC(=O)Cc1ccc(Br)cc1)NC[C@H]1CCCO1. The Balaban J connectivity index is 1.63. The first kappa shape index (κ1) is 16.0. The minimum Gasteiger partial charge on any atom is -0.455 e. The molecule has 0 radical (unpaired) electrons. The summed E-state index contributed by atoms with van der Waals surface area (Å²) in [5.41, 5.74) is 0.850. The number of benzene rings is 1. The van der Waals surface area contributed by atoms with E-state index in [4.69, 9.17) is 9.47 Å². The van der Waals surface area contributed by atoms with E-state index in [-0.39, 0.29) is 25.0 Å². The molecule has 1 aliphatic rings. The number of hydrogen-bond donors (Lipinski definition) is 1.